The molecule has 0 aliphatic heterocycles. The first-order valence-electron chi connectivity index (χ1n) is 9.66. The Balaban J connectivity index is 1.81. The van der Waals surface area contributed by atoms with Gasteiger partial charge in [0.15, 0.2) is 11.6 Å². The molecule has 1 saturated carbocycles. The van der Waals surface area contributed by atoms with Crippen LogP contribution in [0.3, 0.4) is 0 Å². The van der Waals surface area contributed by atoms with Crippen molar-refractivity contribution in [3.63, 3.8) is 0 Å². The Morgan fingerprint density at radius 1 is 1.10 bits per heavy atom. The van der Waals surface area contributed by atoms with Crippen LogP contribution < -0.4 is 15.0 Å². The van der Waals surface area contributed by atoms with Crippen molar-refractivity contribution in [1.29, 1.82) is 0 Å². The molecule has 1 aromatic heterocycles. The van der Waals surface area contributed by atoms with Gasteiger partial charge in [-0.2, -0.15) is 0 Å². The van der Waals surface area contributed by atoms with E-state index in [4.69, 9.17) is 4.74 Å². The van der Waals surface area contributed by atoms with Crippen LogP contribution in [0.4, 0.5) is 8.78 Å². The topological polar surface area (TPSA) is 77.4 Å². The van der Waals surface area contributed by atoms with Crippen LogP contribution >= 0.6 is 0 Å². The predicted molar refractivity (Wildman–Crippen MR) is 113 cm³/mol. The molecule has 1 aliphatic carbocycles. The van der Waals surface area contributed by atoms with E-state index >= 15 is 0 Å². The number of aromatic nitrogens is 1. The molecule has 1 heterocycles. The number of nitrogens with one attached hydrogen (secondary N) is 1. The minimum Gasteiger partial charge on any atom is -0.454 e. The van der Waals surface area contributed by atoms with E-state index in [1.807, 2.05) is 0 Å². The molecule has 1 aliphatic rings. The van der Waals surface area contributed by atoms with Crippen molar-refractivity contribution < 1.29 is 21.9 Å². The molecule has 162 valence electrons. The molecule has 0 radical (unpaired) electrons. The number of thiol groups is 1. The minimum atomic E-state index is -2.77. The first-order valence-corrected chi connectivity index (χ1v) is 10.8. The number of pyridine rings is 1. The summed E-state index contributed by atoms with van der Waals surface area (Å²) >= 11 is 0. The normalized spacial score (nSPS) is 13.5. The maximum atomic E-state index is 14.2. The molecule has 31 heavy (non-hydrogen) atoms. The summed E-state index contributed by atoms with van der Waals surface area (Å²) in [4.78, 5) is 12.5. The summed E-state index contributed by atoms with van der Waals surface area (Å²) in [5, 5.41) is 0. The van der Waals surface area contributed by atoms with Crippen LogP contribution in [0.15, 0.2) is 53.5 Å². The van der Waals surface area contributed by atoms with Gasteiger partial charge in [0.1, 0.15) is 11.6 Å². The molecule has 3 aromatic rings. The number of nitrogens with zero attached hydrogens (tertiary/aromatic N) is 1. The summed E-state index contributed by atoms with van der Waals surface area (Å²) in [5.41, 5.74) is 2.52. The standard InChI is InChI=1S/C22H20F2N2O4S/c1-26-12-15(9-18(22(26)27)14-3-4-14)17-8-13(11-25-31(28)29)2-6-20(17)30-21-7-5-16(23)10-19(21)24/h2,5-10,12,14,31H,3-4,11H2,1H3,(H,25,28,29). The summed E-state index contributed by atoms with van der Waals surface area (Å²) in [6.45, 7) is 0.0676. The van der Waals surface area contributed by atoms with Crippen molar-refractivity contribution in [3.8, 4) is 22.6 Å². The van der Waals surface area contributed by atoms with E-state index in [1.165, 1.54) is 10.6 Å². The first-order chi connectivity index (χ1) is 14.8. The maximum Gasteiger partial charge on any atom is 0.253 e. The Kier molecular flexibility index (Phi) is 5.88. The Hall–Kier alpha value is -3.04. The van der Waals surface area contributed by atoms with Crippen molar-refractivity contribution in [2.75, 3.05) is 0 Å². The van der Waals surface area contributed by atoms with E-state index in [0.29, 0.717) is 28.0 Å². The molecule has 2 aromatic carbocycles. The maximum absolute atomic E-state index is 14.2. The molecule has 0 saturated heterocycles. The average molecular weight is 446 g/mol. The monoisotopic (exact) mass is 446 g/mol. The van der Waals surface area contributed by atoms with E-state index in [0.717, 1.165) is 25.0 Å². The summed E-state index contributed by atoms with van der Waals surface area (Å²) in [5.74, 6) is -1.21. The molecule has 0 bridgehead atoms. The van der Waals surface area contributed by atoms with E-state index < -0.39 is 22.5 Å². The van der Waals surface area contributed by atoms with Gasteiger partial charge in [0.25, 0.3) is 5.56 Å². The van der Waals surface area contributed by atoms with Crippen molar-refractivity contribution in [3.05, 3.63) is 81.8 Å². The zero-order valence-electron chi connectivity index (χ0n) is 16.6. The van der Waals surface area contributed by atoms with E-state index in [9.17, 15) is 22.0 Å². The minimum absolute atomic E-state index is 0.0676. The van der Waals surface area contributed by atoms with Gasteiger partial charge in [-0.3, -0.25) is 4.79 Å². The molecule has 1 N–H and O–H groups in total. The van der Waals surface area contributed by atoms with E-state index in [1.54, 1.807) is 37.5 Å². The Labute approximate surface area is 179 Å². The lowest BCUT2D eigenvalue weighted by molar-refractivity contribution is 0.439. The second-order valence-electron chi connectivity index (χ2n) is 7.47. The zero-order valence-corrected chi connectivity index (χ0v) is 17.5. The third kappa shape index (κ3) is 4.83. The highest BCUT2D eigenvalue weighted by Gasteiger charge is 2.27. The predicted octanol–water partition coefficient (Wildman–Crippen LogP) is 3.62. The number of rotatable bonds is 7. The molecular formula is C22H20F2N2O4S. The van der Waals surface area contributed by atoms with Crippen LogP contribution in [-0.4, -0.2) is 13.0 Å². The lowest BCUT2D eigenvalue weighted by Crippen LogP contribution is -2.20. The number of hydrogen-bond acceptors (Lipinski definition) is 4. The van der Waals surface area contributed by atoms with Gasteiger partial charge >= 0.3 is 0 Å². The molecule has 0 amide bonds. The van der Waals surface area contributed by atoms with Crippen LogP contribution in [0.25, 0.3) is 11.1 Å². The average Bonchev–Trinajstić information content (AvgIpc) is 3.56. The number of halogens is 2. The van der Waals surface area contributed by atoms with Crippen LogP contribution in [0, 0.1) is 11.6 Å². The van der Waals surface area contributed by atoms with Crippen molar-refractivity contribution in [1.82, 2.24) is 9.29 Å². The highest BCUT2D eigenvalue weighted by molar-refractivity contribution is 7.70. The van der Waals surface area contributed by atoms with Gasteiger partial charge in [-0.15, -0.1) is 0 Å². The second kappa shape index (κ2) is 8.60. The van der Waals surface area contributed by atoms with Crippen molar-refractivity contribution in [2.24, 2.45) is 7.05 Å². The Morgan fingerprint density at radius 3 is 2.52 bits per heavy atom. The molecule has 6 nitrogen and oxygen atoms in total. The molecule has 0 unspecified atom stereocenters. The number of ether oxygens (including phenoxy) is 1. The summed E-state index contributed by atoms with van der Waals surface area (Å²) in [7, 11) is -1.11. The fraction of sp³-hybridized carbons (Fsp3) is 0.227. The zero-order chi connectivity index (χ0) is 22.1. The Bertz CT molecular complexity index is 1270. The van der Waals surface area contributed by atoms with Gasteiger partial charge in [0, 0.05) is 42.5 Å². The number of aryl methyl sites for hydroxylation is 1. The summed E-state index contributed by atoms with van der Waals surface area (Å²) < 4.78 is 58.8. The first kappa shape index (κ1) is 21.2. The SMILES string of the molecule is Cn1cc(-c2cc(CN[SH](=O)=O)ccc2Oc2ccc(F)cc2F)cc(C2CC2)c1=O. The largest absolute Gasteiger partial charge is 0.454 e. The third-order valence-corrected chi connectivity index (χ3v) is 5.53. The molecule has 0 atom stereocenters. The Morgan fingerprint density at radius 2 is 1.84 bits per heavy atom. The highest BCUT2D eigenvalue weighted by atomic mass is 32.2. The van der Waals surface area contributed by atoms with Gasteiger partial charge in [0.2, 0.25) is 10.9 Å². The number of benzene rings is 2. The molecular weight excluding hydrogens is 426 g/mol. The summed E-state index contributed by atoms with van der Waals surface area (Å²) in [6, 6.07) is 9.79. The lowest BCUT2D eigenvalue weighted by atomic mass is 10.0. The number of hydrogen-bond donors (Lipinski definition) is 2. The van der Waals surface area contributed by atoms with Gasteiger partial charge in [0.05, 0.1) is 0 Å². The van der Waals surface area contributed by atoms with E-state index in [-0.39, 0.29) is 23.8 Å². The fourth-order valence-electron chi connectivity index (χ4n) is 3.41. The molecule has 0 spiro atoms. The van der Waals surface area contributed by atoms with Crippen LogP contribution in [0.2, 0.25) is 0 Å². The summed E-state index contributed by atoms with van der Waals surface area (Å²) in [6.07, 6.45) is 3.55. The van der Waals surface area contributed by atoms with Gasteiger partial charge in [-0.25, -0.2) is 21.9 Å². The van der Waals surface area contributed by atoms with Crippen LogP contribution in [-0.2, 0) is 24.5 Å². The van der Waals surface area contributed by atoms with Crippen molar-refractivity contribution >= 4 is 10.9 Å². The third-order valence-electron chi connectivity index (χ3n) is 5.11. The molecule has 9 heteroatoms. The smallest absolute Gasteiger partial charge is 0.253 e. The lowest BCUT2D eigenvalue weighted by Gasteiger charge is -2.15. The fourth-order valence-corrected chi connectivity index (χ4v) is 3.72. The molecule has 4 rings (SSSR count). The van der Waals surface area contributed by atoms with Crippen molar-refractivity contribution in [2.45, 2.75) is 25.3 Å². The molecule has 1 fully saturated rings. The highest BCUT2D eigenvalue weighted by Crippen LogP contribution is 2.41. The quantitative estimate of drug-likeness (QED) is 0.544. The van der Waals surface area contributed by atoms with Gasteiger partial charge in [-0.05, 0) is 54.7 Å². The van der Waals surface area contributed by atoms with Gasteiger partial charge < -0.3 is 9.30 Å². The second-order valence-corrected chi connectivity index (χ2v) is 8.30. The van der Waals surface area contributed by atoms with Gasteiger partial charge in [-0.1, -0.05) is 6.07 Å². The van der Waals surface area contributed by atoms with Crippen LogP contribution in [0.5, 0.6) is 11.5 Å². The van der Waals surface area contributed by atoms with E-state index in [2.05, 4.69) is 4.72 Å². The van der Waals surface area contributed by atoms with Crippen LogP contribution in [0.1, 0.15) is 29.9 Å².